The van der Waals surface area contributed by atoms with Gasteiger partial charge in [-0.15, -0.1) is 0 Å². The first-order chi connectivity index (χ1) is 13.5. The van der Waals surface area contributed by atoms with Crippen LogP contribution in [0.2, 0.25) is 0 Å². The maximum Gasteiger partial charge on any atom is 0.141 e. The van der Waals surface area contributed by atoms with E-state index in [1.807, 2.05) is 18.2 Å². The maximum atomic E-state index is 5.44. The third kappa shape index (κ3) is 3.07. The molecule has 0 spiro atoms. The number of nitrogens with zero attached hydrogens (tertiary/aromatic N) is 2. The average molecular weight is 370 g/mol. The van der Waals surface area contributed by atoms with Crippen molar-refractivity contribution >= 4 is 11.0 Å². The van der Waals surface area contributed by atoms with Gasteiger partial charge >= 0.3 is 0 Å². The molecule has 0 saturated heterocycles. The summed E-state index contributed by atoms with van der Waals surface area (Å²) in [6.45, 7) is 9.64. The number of hydrogen-bond donors (Lipinski definition) is 0. The van der Waals surface area contributed by atoms with E-state index in [9.17, 15) is 0 Å². The largest absolute Gasteiger partial charge is 0.497 e. The summed E-state index contributed by atoms with van der Waals surface area (Å²) in [5, 5.41) is 0. The second-order valence-electron chi connectivity index (χ2n) is 7.48. The summed E-state index contributed by atoms with van der Waals surface area (Å²) < 4.78 is 7.77. The normalized spacial score (nSPS) is 11.2. The van der Waals surface area contributed by atoms with Gasteiger partial charge in [-0.1, -0.05) is 30.3 Å². The van der Waals surface area contributed by atoms with Crippen molar-refractivity contribution in [1.29, 1.82) is 0 Å². The van der Waals surface area contributed by atoms with Crippen LogP contribution >= 0.6 is 0 Å². The van der Waals surface area contributed by atoms with Gasteiger partial charge in [0.25, 0.3) is 0 Å². The maximum absolute atomic E-state index is 5.44. The van der Waals surface area contributed by atoms with Crippen LogP contribution in [0.1, 0.15) is 27.8 Å². The molecular weight excluding hydrogens is 344 g/mol. The fraction of sp³-hybridized carbons (Fsp3) is 0.240. The van der Waals surface area contributed by atoms with E-state index in [0.29, 0.717) is 0 Å². The van der Waals surface area contributed by atoms with Crippen LogP contribution in [-0.4, -0.2) is 16.7 Å². The summed E-state index contributed by atoms with van der Waals surface area (Å²) in [7, 11) is 1.70. The fourth-order valence-corrected chi connectivity index (χ4v) is 3.91. The Bertz CT molecular complexity index is 1140. The second kappa shape index (κ2) is 7.16. The third-order valence-electron chi connectivity index (χ3n) is 5.82. The number of imidazole rings is 1. The lowest BCUT2D eigenvalue weighted by Crippen LogP contribution is -2.08. The molecule has 0 bridgehead atoms. The molecule has 0 aliphatic rings. The van der Waals surface area contributed by atoms with Crippen LogP contribution in [0.25, 0.3) is 22.4 Å². The van der Waals surface area contributed by atoms with E-state index in [1.165, 1.54) is 27.8 Å². The van der Waals surface area contributed by atoms with Crippen molar-refractivity contribution in [2.75, 3.05) is 7.11 Å². The molecule has 0 atom stereocenters. The van der Waals surface area contributed by atoms with Crippen molar-refractivity contribution in [3.05, 3.63) is 82.4 Å². The molecule has 4 aromatic rings. The molecule has 142 valence electrons. The Kier molecular flexibility index (Phi) is 4.68. The number of hydrogen-bond acceptors (Lipinski definition) is 2. The van der Waals surface area contributed by atoms with E-state index in [1.54, 1.807) is 7.11 Å². The highest BCUT2D eigenvalue weighted by atomic mass is 16.5. The van der Waals surface area contributed by atoms with Gasteiger partial charge in [0.05, 0.1) is 24.7 Å². The quantitative estimate of drug-likeness (QED) is 0.441. The minimum atomic E-state index is 0.799. The Balaban J connectivity index is 1.94. The van der Waals surface area contributed by atoms with Gasteiger partial charge in [-0.2, -0.15) is 0 Å². The van der Waals surface area contributed by atoms with E-state index < -0.39 is 0 Å². The highest BCUT2D eigenvalue weighted by molar-refractivity contribution is 5.81. The lowest BCUT2D eigenvalue weighted by molar-refractivity contribution is 0.415. The van der Waals surface area contributed by atoms with Crippen LogP contribution in [0.5, 0.6) is 5.75 Å². The molecule has 4 rings (SSSR count). The Labute approximate surface area is 166 Å². The van der Waals surface area contributed by atoms with E-state index in [2.05, 4.69) is 68.7 Å². The van der Waals surface area contributed by atoms with E-state index in [-0.39, 0.29) is 0 Å². The number of methoxy groups -OCH3 is 1. The van der Waals surface area contributed by atoms with Crippen molar-refractivity contribution in [2.45, 2.75) is 34.2 Å². The number of rotatable bonds is 4. The van der Waals surface area contributed by atoms with Crippen molar-refractivity contribution < 1.29 is 4.74 Å². The first kappa shape index (κ1) is 18.3. The summed E-state index contributed by atoms with van der Waals surface area (Å²) in [6, 6.07) is 18.8. The summed E-state index contributed by atoms with van der Waals surface area (Å²) in [6.07, 6.45) is 0. The number of aromatic nitrogens is 2. The van der Waals surface area contributed by atoms with Crippen molar-refractivity contribution in [1.82, 2.24) is 9.55 Å². The van der Waals surface area contributed by atoms with Gasteiger partial charge < -0.3 is 9.30 Å². The Morgan fingerprint density at radius 1 is 0.857 bits per heavy atom. The van der Waals surface area contributed by atoms with Gasteiger partial charge in [-0.25, -0.2) is 4.98 Å². The van der Waals surface area contributed by atoms with Gasteiger partial charge in [0.1, 0.15) is 11.6 Å². The highest BCUT2D eigenvalue weighted by Gasteiger charge is 2.16. The van der Waals surface area contributed by atoms with Gasteiger partial charge in [0.15, 0.2) is 0 Å². The van der Waals surface area contributed by atoms with E-state index in [0.717, 1.165) is 34.7 Å². The first-order valence-electron chi connectivity index (χ1n) is 9.65. The predicted octanol–water partition coefficient (Wildman–Crippen LogP) is 5.99. The third-order valence-corrected chi connectivity index (χ3v) is 5.82. The first-order valence-corrected chi connectivity index (χ1v) is 9.65. The Hall–Kier alpha value is -3.07. The van der Waals surface area contributed by atoms with Crippen molar-refractivity contribution in [2.24, 2.45) is 0 Å². The fourth-order valence-electron chi connectivity index (χ4n) is 3.91. The predicted molar refractivity (Wildman–Crippen MR) is 116 cm³/mol. The van der Waals surface area contributed by atoms with Gasteiger partial charge in [-0.05, 0) is 79.8 Å². The standard InChI is InChI=1S/C25H26N2O/c1-16-13-17(2)19(4)22(18(16)3)15-27-24-12-7-6-11-23(24)26-25(27)20-9-8-10-21(14-20)28-5/h6-14H,15H2,1-5H3. The Morgan fingerprint density at radius 3 is 2.29 bits per heavy atom. The summed E-state index contributed by atoms with van der Waals surface area (Å²) in [4.78, 5) is 4.97. The number of fused-ring (bicyclic) bond motifs is 1. The SMILES string of the molecule is COc1cccc(-c2nc3ccccc3n2Cc2c(C)c(C)cc(C)c2C)c1. The molecule has 1 heterocycles. The second-order valence-corrected chi connectivity index (χ2v) is 7.48. The molecule has 3 heteroatoms. The van der Waals surface area contributed by atoms with Crippen LogP contribution in [0.4, 0.5) is 0 Å². The molecule has 0 radical (unpaired) electrons. The molecular formula is C25H26N2O. The zero-order chi connectivity index (χ0) is 19.8. The zero-order valence-corrected chi connectivity index (χ0v) is 17.2. The zero-order valence-electron chi connectivity index (χ0n) is 17.2. The molecule has 0 unspecified atom stereocenters. The number of benzene rings is 3. The molecule has 1 aromatic heterocycles. The molecule has 0 aliphatic heterocycles. The minimum absolute atomic E-state index is 0.799. The molecule has 0 saturated carbocycles. The Morgan fingerprint density at radius 2 is 1.57 bits per heavy atom. The summed E-state index contributed by atoms with van der Waals surface area (Å²) in [5.41, 5.74) is 10.0. The van der Waals surface area contributed by atoms with Crippen molar-refractivity contribution in [3.8, 4) is 17.1 Å². The highest BCUT2D eigenvalue weighted by Crippen LogP contribution is 2.30. The van der Waals surface area contributed by atoms with E-state index >= 15 is 0 Å². The van der Waals surface area contributed by atoms with Gasteiger partial charge in [0, 0.05) is 5.56 Å². The van der Waals surface area contributed by atoms with Gasteiger partial charge in [0.2, 0.25) is 0 Å². The van der Waals surface area contributed by atoms with Crippen LogP contribution in [0.15, 0.2) is 54.6 Å². The topological polar surface area (TPSA) is 27.1 Å². The monoisotopic (exact) mass is 370 g/mol. The van der Waals surface area contributed by atoms with Crippen LogP contribution in [-0.2, 0) is 6.54 Å². The van der Waals surface area contributed by atoms with Crippen LogP contribution in [0, 0.1) is 27.7 Å². The summed E-state index contributed by atoms with van der Waals surface area (Å²) >= 11 is 0. The smallest absolute Gasteiger partial charge is 0.141 e. The molecule has 3 aromatic carbocycles. The van der Waals surface area contributed by atoms with Gasteiger partial charge in [-0.3, -0.25) is 0 Å². The van der Waals surface area contributed by atoms with E-state index in [4.69, 9.17) is 9.72 Å². The lowest BCUT2D eigenvalue weighted by Gasteiger charge is -2.18. The van der Waals surface area contributed by atoms with Crippen LogP contribution in [0.3, 0.4) is 0 Å². The number of ether oxygens (including phenoxy) is 1. The van der Waals surface area contributed by atoms with Crippen LogP contribution < -0.4 is 4.74 Å². The molecule has 0 fully saturated rings. The molecule has 0 N–H and O–H groups in total. The molecule has 0 amide bonds. The summed E-state index contributed by atoms with van der Waals surface area (Å²) in [5.74, 6) is 1.81. The number of aryl methyl sites for hydroxylation is 2. The molecule has 28 heavy (non-hydrogen) atoms. The minimum Gasteiger partial charge on any atom is -0.497 e. The lowest BCUT2D eigenvalue weighted by atomic mass is 9.94. The average Bonchev–Trinajstić information content (AvgIpc) is 3.08. The molecule has 3 nitrogen and oxygen atoms in total. The molecule has 0 aliphatic carbocycles. The number of para-hydroxylation sites is 2. The van der Waals surface area contributed by atoms with Crippen molar-refractivity contribution in [3.63, 3.8) is 0 Å².